The number of nitrogens with zero attached hydrogens (tertiary/aromatic N) is 2. The van der Waals surface area contributed by atoms with E-state index in [0.29, 0.717) is 6.54 Å². The van der Waals surface area contributed by atoms with Crippen LogP contribution in [-0.2, 0) is 11.3 Å². The lowest BCUT2D eigenvalue weighted by atomic mass is 10.2. The predicted molar refractivity (Wildman–Crippen MR) is 66.9 cm³/mol. The van der Waals surface area contributed by atoms with Crippen molar-refractivity contribution in [2.45, 2.75) is 6.54 Å². The fourth-order valence-electron chi connectivity index (χ4n) is 2.26. The monoisotopic (exact) mass is 227 g/mol. The van der Waals surface area contributed by atoms with Gasteiger partial charge in [-0.25, -0.2) is 0 Å². The maximum Gasteiger partial charge on any atom is 0.236 e. The maximum atomic E-state index is 10.9. The van der Waals surface area contributed by atoms with Crippen molar-refractivity contribution >= 4 is 23.0 Å². The fourth-order valence-corrected chi connectivity index (χ4v) is 2.26. The van der Waals surface area contributed by atoms with Crippen LogP contribution in [0, 0.1) is 0 Å². The van der Waals surface area contributed by atoms with E-state index in [0.717, 1.165) is 0 Å². The first kappa shape index (κ1) is 9.96. The van der Waals surface area contributed by atoms with Gasteiger partial charge in [-0.1, -0.05) is 18.2 Å². The molecule has 1 aromatic carbocycles. The molecule has 2 N–H and O–H groups in total. The van der Waals surface area contributed by atoms with Crippen molar-refractivity contribution in [3.63, 3.8) is 0 Å². The minimum atomic E-state index is -0.306. The molecule has 0 saturated carbocycles. The van der Waals surface area contributed by atoms with E-state index in [9.17, 15) is 4.79 Å². The number of hydrogen-bond donors (Lipinski definition) is 1. The van der Waals surface area contributed by atoms with Gasteiger partial charge in [-0.15, -0.1) is 0 Å². The number of para-hydroxylation sites is 1. The summed E-state index contributed by atoms with van der Waals surface area (Å²) in [5.74, 6) is -0.306. The number of carbonyl (C=O) groups is 1. The Kier molecular flexibility index (Phi) is 2.14. The van der Waals surface area contributed by atoms with Gasteiger partial charge in [-0.05, 0) is 12.1 Å². The van der Waals surface area contributed by atoms with Gasteiger partial charge in [0.15, 0.2) is 0 Å². The van der Waals surface area contributed by atoms with Gasteiger partial charge < -0.3 is 15.2 Å². The van der Waals surface area contributed by atoms with Gasteiger partial charge in [-0.2, -0.15) is 0 Å². The first-order valence-corrected chi connectivity index (χ1v) is 5.53. The standard InChI is InChI=1S/C13H13N3O/c14-13(17)9-15-5-6-16-11(8-15)7-10-3-1-2-4-12(10)16/h1-7H,8-9H2,(H2,14,17). The molecule has 1 aromatic heterocycles. The Morgan fingerprint density at radius 3 is 2.94 bits per heavy atom. The van der Waals surface area contributed by atoms with E-state index in [1.54, 1.807) is 0 Å². The molecule has 1 aliphatic rings. The number of benzene rings is 1. The number of nitrogens with two attached hydrogens (primary N) is 1. The number of hydrogen-bond acceptors (Lipinski definition) is 2. The van der Waals surface area contributed by atoms with Crippen molar-refractivity contribution in [2.75, 3.05) is 6.54 Å². The van der Waals surface area contributed by atoms with Crippen molar-refractivity contribution < 1.29 is 4.79 Å². The molecule has 0 fully saturated rings. The van der Waals surface area contributed by atoms with Gasteiger partial charge in [-0.3, -0.25) is 4.79 Å². The van der Waals surface area contributed by atoms with Crippen molar-refractivity contribution in [1.82, 2.24) is 9.47 Å². The number of carbonyl (C=O) groups excluding carboxylic acids is 1. The molecule has 4 heteroatoms. The van der Waals surface area contributed by atoms with E-state index < -0.39 is 0 Å². The zero-order chi connectivity index (χ0) is 11.8. The third-order valence-corrected chi connectivity index (χ3v) is 2.98. The van der Waals surface area contributed by atoms with E-state index in [1.807, 2.05) is 29.4 Å². The lowest BCUT2D eigenvalue weighted by Gasteiger charge is -2.23. The van der Waals surface area contributed by atoms with Gasteiger partial charge in [0.1, 0.15) is 0 Å². The molecule has 2 aromatic rings. The Morgan fingerprint density at radius 1 is 1.29 bits per heavy atom. The van der Waals surface area contributed by atoms with Crippen LogP contribution in [0.25, 0.3) is 17.1 Å². The largest absolute Gasteiger partial charge is 0.368 e. The first-order chi connectivity index (χ1) is 8.24. The summed E-state index contributed by atoms with van der Waals surface area (Å²) in [6.07, 6.45) is 3.88. The molecule has 1 amide bonds. The number of rotatable bonds is 2. The minimum Gasteiger partial charge on any atom is -0.368 e. The molecular formula is C13H13N3O. The van der Waals surface area contributed by atoms with Crippen LogP contribution in [0.1, 0.15) is 5.69 Å². The Hall–Kier alpha value is -2.23. The highest BCUT2D eigenvalue weighted by molar-refractivity contribution is 5.83. The summed E-state index contributed by atoms with van der Waals surface area (Å²) in [6, 6.07) is 10.4. The summed E-state index contributed by atoms with van der Waals surface area (Å²) in [4.78, 5) is 12.8. The number of primary amides is 1. The highest BCUT2D eigenvalue weighted by atomic mass is 16.1. The second-order valence-corrected chi connectivity index (χ2v) is 4.23. The molecule has 4 nitrogen and oxygen atoms in total. The summed E-state index contributed by atoms with van der Waals surface area (Å²) >= 11 is 0. The minimum absolute atomic E-state index is 0.262. The van der Waals surface area contributed by atoms with Crippen molar-refractivity contribution in [3.8, 4) is 0 Å². The lowest BCUT2D eigenvalue weighted by Crippen LogP contribution is -2.31. The molecule has 17 heavy (non-hydrogen) atoms. The lowest BCUT2D eigenvalue weighted by molar-refractivity contribution is -0.118. The van der Waals surface area contributed by atoms with Crippen LogP contribution in [0.3, 0.4) is 0 Å². The van der Waals surface area contributed by atoms with Crippen LogP contribution in [0.15, 0.2) is 36.5 Å². The predicted octanol–water partition coefficient (Wildman–Crippen LogP) is 1.37. The van der Waals surface area contributed by atoms with Gasteiger partial charge in [0, 0.05) is 23.5 Å². The van der Waals surface area contributed by atoms with E-state index in [4.69, 9.17) is 5.73 Å². The average Bonchev–Trinajstić information content (AvgIpc) is 2.65. The molecule has 0 spiro atoms. The van der Waals surface area contributed by atoms with Crippen molar-refractivity contribution in [3.05, 3.63) is 42.2 Å². The van der Waals surface area contributed by atoms with Crippen LogP contribution in [0.4, 0.5) is 0 Å². The zero-order valence-corrected chi connectivity index (χ0v) is 9.34. The molecule has 1 aliphatic heterocycles. The Balaban J connectivity index is 2.00. The van der Waals surface area contributed by atoms with Crippen molar-refractivity contribution in [2.24, 2.45) is 5.73 Å². The van der Waals surface area contributed by atoms with Crippen LogP contribution in [-0.4, -0.2) is 21.9 Å². The van der Waals surface area contributed by atoms with E-state index in [1.165, 1.54) is 16.6 Å². The third-order valence-electron chi connectivity index (χ3n) is 2.98. The quantitative estimate of drug-likeness (QED) is 0.842. The SMILES string of the molecule is NC(=O)CN1C=Cn2c(cc3ccccc32)C1. The van der Waals surface area contributed by atoms with Crippen LogP contribution in [0.2, 0.25) is 0 Å². The topological polar surface area (TPSA) is 51.3 Å². The molecular weight excluding hydrogens is 214 g/mol. The Morgan fingerprint density at radius 2 is 2.12 bits per heavy atom. The van der Waals surface area contributed by atoms with Gasteiger partial charge in [0.2, 0.25) is 5.91 Å². The smallest absolute Gasteiger partial charge is 0.236 e. The molecule has 86 valence electrons. The molecule has 0 saturated heterocycles. The second kappa shape index (κ2) is 3.66. The highest BCUT2D eigenvalue weighted by Crippen LogP contribution is 2.23. The van der Waals surface area contributed by atoms with Crippen molar-refractivity contribution in [1.29, 1.82) is 0 Å². The molecule has 0 aliphatic carbocycles. The normalized spacial score (nSPS) is 14.0. The van der Waals surface area contributed by atoms with Crippen LogP contribution < -0.4 is 5.73 Å². The van der Waals surface area contributed by atoms with Crippen LogP contribution >= 0.6 is 0 Å². The number of fused-ring (bicyclic) bond motifs is 3. The van der Waals surface area contributed by atoms with E-state index in [-0.39, 0.29) is 12.5 Å². The number of aromatic nitrogens is 1. The van der Waals surface area contributed by atoms with Gasteiger partial charge >= 0.3 is 0 Å². The molecule has 0 radical (unpaired) electrons. The van der Waals surface area contributed by atoms with E-state index >= 15 is 0 Å². The summed E-state index contributed by atoms with van der Waals surface area (Å²) in [7, 11) is 0. The second-order valence-electron chi connectivity index (χ2n) is 4.23. The fraction of sp³-hybridized carbons (Fsp3) is 0.154. The molecule has 2 heterocycles. The third kappa shape index (κ3) is 1.67. The molecule has 3 rings (SSSR count). The van der Waals surface area contributed by atoms with Gasteiger partial charge in [0.25, 0.3) is 0 Å². The summed E-state index contributed by atoms with van der Waals surface area (Å²) in [5.41, 5.74) is 7.57. The summed E-state index contributed by atoms with van der Waals surface area (Å²) in [5, 5.41) is 1.22. The Bertz CT molecular complexity index is 612. The maximum absolute atomic E-state index is 10.9. The average molecular weight is 227 g/mol. The first-order valence-electron chi connectivity index (χ1n) is 5.53. The van der Waals surface area contributed by atoms with Gasteiger partial charge in [0.05, 0.1) is 18.6 Å². The zero-order valence-electron chi connectivity index (χ0n) is 9.34. The molecule has 0 atom stereocenters. The molecule has 0 bridgehead atoms. The Labute approximate surface area is 98.9 Å². The summed E-state index contributed by atoms with van der Waals surface area (Å²) < 4.78 is 2.15. The summed E-state index contributed by atoms with van der Waals surface area (Å²) in [6.45, 7) is 0.978. The van der Waals surface area contributed by atoms with Crippen LogP contribution in [0.5, 0.6) is 0 Å². The van der Waals surface area contributed by atoms with E-state index in [2.05, 4.69) is 22.8 Å². The highest BCUT2D eigenvalue weighted by Gasteiger charge is 2.14. The number of amides is 1. The molecule has 0 unspecified atom stereocenters.